The molecule has 0 spiro atoms. The molecule has 4 aromatic rings. The maximum absolute atomic E-state index is 12.4. The van der Waals surface area contributed by atoms with Crippen LogP contribution in [0.15, 0.2) is 71.3 Å². The molecule has 0 fully saturated rings. The van der Waals surface area contributed by atoms with Gasteiger partial charge in [0.25, 0.3) is 5.91 Å². The minimum Gasteiger partial charge on any atom is -0.464 e. The summed E-state index contributed by atoms with van der Waals surface area (Å²) < 4.78 is 10.9. The van der Waals surface area contributed by atoms with Gasteiger partial charge in [0.15, 0.2) is 6.61 Å². The highest BCUT2D eigenvalue weighted by molar-refractivity contribution is 6.08. The third kappa shape index (κ3) is 4.06. The smallest absolute Gasteiger partial charge is 0.310 e. The van der Waals surface area contributed by atoms with Gasteiger partial charge in [-0.3, -0.25) is 9.59 Å². The number of hydrogen-bond donors (Lipinski definition) is 0. The molecule has 4 rings (SSSR count). The van der Waals surface area contributed by atoms with Crippen molar-refractivity contribution in [2.75, 3.05) is 13.7 Å². The minimum atomic E-state index is -0.455. The normalized spacial score (nSPS) is 11.0. The molecule has 0 bridgehead atoms. The molecule has 1 amide bonds. The van der Waals surface area contributed by atoms with Crippen molar-refractivity contribution in [1.29, 1.82) is 0 Å². The lowest BCUT2D eigenvalue weighted by Crippen LogP contribution is -2.31. The number of ether oxygens (including phenoxy) is 1. The zero-order chi connectivity index (χ0) is 21.1. The van der Waals surface area contributed by atoms with Crippen LogP contribution in [0.3, 0.4) is 0 Å². The van der Waals surface area contributed by atoms with Crippen molar-refractivity contribution in [2.45, 2.75) is 19.9 Å². The lowest BCUT2D eigenvalue weighted by molar-refractivity contribution is -0.151. The second kappa shape index (κ2) is 8.41. The van der Waals surface area contributed by atoms with Gasteiger partial charge in [0, 0.05) is 24.5 Å². The van der Waals surface area contributed by atoms with E-state index in [9.17, 15) is 9.59 Å². The van der Waals surface area contributed by atoms with Gasteiger partial charge in [0.05, 0.1) is 12.7 Å². The first kappa shape index (κ1) is 19.7. The van der Waals surface area contributed by atoms with Crippen LogP contribution in [0.5, 0.6) is 0 Å². The second-order valence-electron chi connectivity index (χ2n) is 7.43. The summed E-state index contributed by atoms with van der Waals surface area (Å²) in [6.07, 6.45) is 1.64. The summed E-state index contributed by atoms with van der Waals surface area (Å²) in [5.41, 5.74) is 3.67. The predicted octanol–water partition coefficient (Wildman–Crippen LogP) is 4.64. The average Bonchev–Trinajstić information content (AvgIpc) is 3.16. The molecule has 1 aromatic heterocycles. The minimum absolute atomic E-state index is 0.0514. The number of furan rings is 1. The summed E-state index contributed by atoms with van der Waals surface area (Å²) in [7, 11) is 1.71. The van der Waals surface area contributed by atoms with Crippen molar-refractivity contribution in [3.8, 4) is 0 Å². The summed E-state index contributed by atoms with van der Waals surface area (Å²) >= 11 is 0. The molecule has 0 N–H and O–H groups in total. The van der Waals surface area contributed by atoms with E-state index in [1.54, 1.807) is 18.2 Å². The molecule has 0 saturated heterocycles. The Morgan fingerprint density at radius 2 is 1.73 bits per heavy atom. The fourth-order valence-corrected chi connectivity index (χ4v) is 3.59. The Hall–Kier alpha value is -3.60. The number of fused-ring (bicyclic) bond motifs is 3. The molecule has 152 valence electrons. The molecule has 0 aliphatic heterocycles. The van der Waals surface area contributed by atoms with Gasteiger partial charge >= 0.3 is 5.97 Å². The summed E-state index contributed by atoms with van der Waals surface area (Å²) in [6.45, 7) is 2.20. The van der Waals surface area contributed by atoms with E-state index < -0.39 is 5.97 Å². The van der Waals surface area contributed by atoms with E-state index in [0.717, 1.165) is 38.4 Å². The molecule has 5 heteroatoms. The van der Waals surface area contributed by atoms with E-state index in [0.29, 0.717) is 6.54 Å². The van der Waals surface area contributed by atoms with E-state index in [1.165, 1.54) is 0 Å². The quantitative estimate of drug-likeness (QED) is 0.442. The zero-order valence-electron chi connectivity index (χ0n) is 17.1. The molecule has 0 aliphatic carbocycles. The zero-order valence-corrected chi connectivity index (χ0v) is 17.1. The third-order valence-electron chi connectivity index (χ3n) is 5.33. The van der Waals surface area contributed by atoms with Crippen LogP contribution in [0.2, 0.25) is 0 Å². The van der Waals surface area contributed by atoms with Crippen molar-refractivity contribution in [1.82, 2.24) is 4.90 Å². The molecular formula is C25H23NO4. The molecule has 0 radical (unpaired) electrons. The number of rotatable bonds is 6. The van der Waals surface area contributed by atoms with Gasteiger partial charge in [-0.1, -0.05) is 54.6 Å². The molecule has 0 unspecified atom stereocenters. The average molecular weight is 401 g/mol. The Morgan fingerprint density at radius 3 is 2.57 bits per heavy atom. The summed E-state index contributed by atoms with van der Waals surface area (Å²) in [5.74, 6) is -0.697. The fourth-order valence-electron chi connectivity index (χ4n) is 3.59. The van der Waals surface area contributed by atoms with Crippen LogP contribution >= 0.6 is 0 Å². The van der Waals surface area contributed by atoms with Crippen LogP contribution < -0.4 is 0 Å². The van der Waals surface area contributed by atoms with Crippen LogP contribution in [0.1, 0.15) is 16.7 Å². The molecular weight excluding hydrogens is 378 g/mol. The first-order valence-corrected chi connectivity index (χ1v) is 9.85. The Morgan fingerprint density at radius 1 is 0.967 bits per heavy atom. The Labute approximate surface area is 174 Å². The topological polar surface area (TPSA) is 59.8 Å². The fraction of sp³-hybridized carbons (Fsp3) is 0.200. The number of carbonyl (C=O) groups excluding carboxylic acids is 2. The van der Waals surface area contributed by atoms with Gasteiger partial charge in [-0.2, -0.15) is 0 Å². The Balaban J connectivity index is 1.40. The van der Waals surface area contributed by atoms with Gasteiger partial charge in [0.2, 0.25) is 0 Å². The van der Waals surface area contributed by atoms with Gasteiger partial charge < -0.3 is 14.1 Å². The van der Waals surface area contributed by atoms with E-state index in [4.69, 9.17) is 9.15 Å². The Kier molecular flexibility index (Phi) is 5.53. The number of aryl methyl sites for hydroxylation is 1. The van der Waals surface area contributed by atoms with Crippen LogP contribution in [0, 0.1) is 6.92 Å². The van der Waals surface area contributed by atoms with Crippen LogP contribution in [0.25, 0.3) is 21.7 Å². The first-order chi connectivity index (χ1) is 14.5. The van der Waals surface area contributed by atoms with E-state index >= 15 is 0 Å². The highest BCUT2D eigenvalue weighted by Crippen LogP contribution is 2.30. The van der Waals surface area contributed by atoms with Crippen LogP contribution in [-0.4, -0.2) is 30.4 Å². The van der Waals surface area contributed by atoms with Gasteiger partial charge in [-0.15, -0.1) is 0 Å². The highest BCUT2D eigenvalue weighted by Gasteiger charge is 2.17. The SMILES string of the molecule is Cc1ccccc1CN(C)C(=O)COC(=O)Cc1coc2ccc3ccccc3c12. The number of esters is 1. The molecule has 30 heavy (non-hydrogen) atoms. The first-order valence-electron chi connectivity index (χ1n) is 9.85. The summed E-state index contributed by atoms with van der Waals surface area (Å²) in [6, 6.07) is 19.7. The molecule has 1 heterocycles. The maximum atomic E-state index is 12.4. The van der Waals surface area contributed by atoms with Crippen molar-refractivity contribution in [3.05, 3.63) is 83.6 Å². The summed E-state index contributed by atoms with van der Waals surface area (Å²) in [5, 5.41) is 3.02. The number of carbonyl (C=O) groups is 2. The standard InChI is InChI=1S/C25H23NO4/c1-17-7-3-4-9-19(17)14-26(2)23(27)16-30-24(28)13-20-15-29-22-12-11-18-8-5-6-10-21(18)25(20)22/h3-12,15H,13-14,16H2,1-2H3. The number of likely N-dealkylation sites (N-methyl/N-ethyl adjacent to an activating group) is 1. The molecule has 5 nitrogen and oxygen atoms in total. The number of nitrogens with zero attached hydrogens (tertiary/aromatic N) is 1. The largest absolute Gasteiger partial charge is 0.464 e. The van der Waals surface area contributed by atoms with Gasteiger partial charge in [0.1, 0.15) is 5.58 Å². The maximum Gasteiger partial charge on any atom is 0.310 e. The van der Waals surface area contributed by atoms with Crippen molar-refractivity contribution < 1.29 is 18.7 Å². The Bertz CT molecular complexity index is 1220. The number of hydrogen-bond acceptors (Lipinski definition) is 4. The van der Waals surface area contributed by atoms with E-state index in [1.807, 2.05) is 67.6 Å². The monoisotopic (exact) mass is 401 g/mol. The van der Waals surface area contributed by atoms with E-state index in [-0.39, 0.29) is 18.9 Å². The number of amides is 1. The second-order valence-corrected chi connectivity index (χ2v) is 7.43. The number of benzene rings is 3. The molecule has 3 aromatic carbocycles. The highest BCUT2D eigenvalue weighted by atomic mass is 16.5. The molecule has 0 atom stereocenters. The predicted molar refractivity (Wildman–Crippen MR) is 116 cm³/mol. The van der Waals surface area contributed by atoms with Crippen LogP contribution in [0.4, 0.5) is 0 Å². The van der Waals surface area contributed by atoms with Gasteiger partial charge in [-0.25, -0.2) is 0 Å². The van der Waals surface area contributed by atoms with Crippen molar-refractivity contribution in [3.63, 3.8) is 0 Å². The molecule has 0 aliphatic rings. The lowest BCUT2D eigenvalue weighted by atomic mass is 10.0. The lowest BCUT2D eigenvalue weighted by Gasteiger charge is -2.18. The van der Waals surface area contributed by atoms with E-state index in [2.05, 4.69) is 0 Å². The van der Waals surface area contributed by atoms with Gasteiger partial charge in [-0.05, 0) is 34.9 Å². The van der Waals surface area contributed by atoms with Crippen molar-refractivity contribution >= 4 is 33.6 Å². The van der Waals surface area contributed by atoms with Crippen LogP contribution in [-0.2, 0) is 27.3 Å². The molecule has 0 saturated carbocycles. The summed E-state index contributed by atoms with van der Waals surface area (Å²) in [4.78, 5) is 26.3. The van der Waals surface area contributed by atoms with Crippen molar-refractivity contribution in [2.24, 2.45) is 0 Å². The third-order valence-corrected chi connectivity index (χ3v) is 5.33.